The molecule has 0 bridgehead atoms. The molecule has 0 aromatic heterocycles. The molecule has 7 heteroatoms. The number of ether oxygens (including phenoxy) is 1. The van der Waals surface area contributed by atoms with Crippen LogP contribution >= 0.6 is 0 Å². The lowest BCUT2D eigenvalue weighted by atomic mass is 10.2. The number of para-hydroxylation sites is 1. The second kappa shape index (κ2) is 9.41. The minimum Gasteiger partial charge on any atom is -0.484 e. The zero-order valence-electron chi connectivity index (χ0n) is 15.9. The average Bonchev–Trinajstić information content (AvgIpc) is 2.67. The van der Waals surface area contributed by atoms with Crippen molar-refractivity contribution in [2.45, 2.75) is 38.1 Å². The van der Waals surface area contributed by atoms with Gasteiger partial charge < -0.3 is 10.1 Å². The van der Waals surface area contributed by atoms with Crippen molar-refractivity contribution in [1.82, 2.24) is 5.32 Å². The number of amides is 1. The van der Waals surface area contributed by atoms with Crippen LogP contribution < -0.4 is 14.4 Å². The predicted molar refractivity (Wildman–Crippen MR) is 106 cm³/mol. The fraction of sp³-hybridized carbons (Fsp3) is 0.350. The number of carbonyl (C=O) groups is 1. The third-order valence-corrected chi connectivity index (χ3v) is 6.05. The minimum atomic E-state index is -3.67. The van der Waals surface area contributed by atoms with Crippen molar-refractivity contribution < 1.29 is 17.9 Å². The van der Waals surface area contributed by atoms with Crippen LogP contribution in [0.15, 0.2) is 59.5 Å². The fourth-order valence-corrected chi connectivity index (χ4v) is 3.96. The molecular weight excluding hydrogens is 364 g/mol. The first kappa shape index (κ1) is 20.8. The molecule has 0 aliphatic carbocycles. The van der Waals surface area contributed by atoms with Gasteiger partial charge in [0.15, 0.2) is 6.61 Å². The van der Waals surface area contributed by atoms with E-state index in [0.717, 1.165) is 6.42 Å². The molecule has 1 atom stereocenters. The van der Waals surface area contributed by atoms with Crippen molar-refractivity contribution in [3.05, 3.63) is 54.6 Å². The molecule has 1 amide bonds. The molecule has 2 rings (SSSR count). The van der Waals surface area contributed by atoms with Crippen LogP contribution in [0, 0.1) is 0 Å². The maximum absolute atomic E-state index is 12.9. The molecule has 0 aliphatic heterocycles. The molecule has 2 aromatic rings. The van der Waals surface area contributed by atoms with Crippen LogP contribution in [-0.4, -0.2) is 33.5 Å². The van der Waals surface area contributed by atoms with Crippen LogP contribution in [0.1, 0.15) is 27.2 Å². The van der Waals surface area contributed by atoms with Crippen LogP contribution in [0.4, 0.5) is 5.69 Å². The Kier molecular flexibility index (Phi) is 7.24. The lowest BCUT2D eigenvalue weighted by molar-refractivity contribution is -0.123. The first-order chi connectivity index (χ1) is 12.9. The van der Waals surface area contributed by atoms with Gasteiger partial charge in [-0.15, -0.1) is 0 Å². The van der Waals surface area contributed by atoms with Crippen molar-refractivity contribution in [1.29, 1.82) is 0 Å². The molecule has 0 aliphatic rings. The molecule has 0 heterocycles. The molecule has 0 radical (unpaired) electrons. The molecule has 0 fully saturated rings. The first-order valence-electron chi connectivity index (χ1n) is 8.98. The number of nitrogens with one attached hydrogen (secondary N) is 1. The molecule has 146 valence electrons. The van der Waals surface area contributed by atoms with Gasteiger partial charge in [-0.05, 0) is 56.7 Å². The maximum atomic E-state index is 12.9. The van der Waals surface area contributed by atoms with Crippen molar-refractivity contribution >= 4 is 21.6 Å². The summed E-state index contributed by atoms with van der Waals surface area (Å²) in [6.07, 6.45) is 0.841. The van der Waals surface area contributed by atoms with E-state index >= 15 is 0 Å². The van der Waals surface area contributed by atoms with E-state index in [-0.39, 0.29) is 23.5 Å². The Bertz CT molecular complexity index is 836. The fourth-order valence-electron chi connectivity index (χ4n) is 2.49. The second-order valence-corrected chi connectivity index (χ2v) is 8.00. The second-order valence-electron chi connectivity index (χ2n) is 6.14. The summed E-state index contributed by atoms with van der Waals surface area (Å²) in [4.78, 5) is 11.9. The smallest absolute Gasteiger partial charge is 0.264 e. The highest BCUT2D eigenvalue weighted by atomic mass is 32.2. The summed E-state index contributed by atoms with van der Waals surface area (Å²) in [5, 5.41) is 2.81. The third-order valence-electron chi connectivity index (χ3n) is 4.13. The number of hydrogen-bond donors (Lipinski definition) is 1. The van der Waals surface area contributed by atoms with Gasteiger partial charge in [-0.1, -0.05) is 25.1 Å². The molecule has 0 saturated carbocycles. The molecule has 0 saturated heterocycles. The van der Waals surface area contributed by atoms with Crippen LogP contribution in [-0.2, 0) is 14.8 Å². The van der Waals surface area contributed by atoms with Gasteiger partial charge in [0.05, 0.1) is 10.6 Å². The van der Waals surface area contributed by atoms with E-state index in [1.807, 2.05) is 19.9 Å². The van der Waals surface area contributed by atoms with E-state index in [1.165, 1.54) is 16.4 Å². The van der Waals surface area contributed by atoms with Crippen molar-refractivity contribution in [3.63, 3.8) is 0 Å². The van der Waals surface area contributed by atoms with Gasteiger partial charge in [0.25, 0.3) is 15.9 Å². The summed E-state index contributed by atoms with van der Waals surface area (Å²) in [7, 11) is -3.67. The zero-order chi connectivity index (χ0) is 19.9. The summed E-state index contributed by atoms with van der Waals surface area (Å²) in [5.74, 6) is 0.235. The lowest BCUT2D eigenvalue weighted by Gasteiger charge is -2.23. The van der Waals surface area contributed by atoms with Crippen LogP contribution in [0.25, 0.3) is 0 Å². The Morgan fingerprint density at radius 3 is 2.26 bits per heavy atom. The van der Waals surface area contributed by atoms with Crippen molar-refractivity contribution in [3.8, 4) is 5.75 Å². The number of benzene rings is 2. The number of rotatable bonds is 9. The van der Waals surface area contributed by atoms with Crippen molar-refractivity contribution in [2.24, 2.45) is 0 Å². The monoisotopic (exact) mass is 390 g/mol. The van der Waals surface area contributed by atoms with Gasteiger partial charge in [0.1, 0.15) is 5.75 Å². The zero-order valence-corrected chi connectivity index (χ0v) is 16.7. The summed E-state index contributed by atoms with van der Waals surface area (Å²) < 4.78 is 32.6. The average molecular weight is 391 g/mol. The van der Waals surface area contributed by atoms with Gasteiger partial charge in [-0.3, -0.25) is 9.10 Å². The molecule has 0 unspecified atom stereocenters. The van der Waals surface area contributed by atoms with E-state index in [1.54, 1.807) is 43.3 Å². The molecule has 27 heavy (non-hydrogen) atoms. The summed E-state index contributed by atoms with van der Waals surface area (Å²) in [6, 6.07) is 15.1. The molecule has 2 aromatic carbocycles. The Morgan fingerprint density at radius 1 is 1.07 bits per heavy atom. The Balaban J connectivity index is 2.08. The summed E-state index contributed by atoms with van der Waals surface area (Å²) in [5.41, 5.74) is 0.613. The van der Waals surface area contributed by atoms with E-state index in [0.29, 0.717) is 18.0 Å². The normalized spacial score (nSPS) is 12.3. The van der Waals surface area contributed by atoms with Crippen LogP contribution in [0.3, 0.4) is 0 Å². The van der Waals surface area contributed by atoms with Gasteiger partial charge in [0, 0.05) is 12.6 Å². The molecule has 0 spiro atoms. The Hall–Kier alpha value is -2.54. The minimum absolute atomic E-state index is 0.0895. The molecular formula is C20H26N2O4S. The van der Waals surface area contributed by atoms with Crippen LogP contribution in [0.2, 0.25) is 0 Å². The Morgan fingerprint density at radius 2 is 1.70 bits per heavy atom. The van der Waals surface area contributed by atoms with Gasteiger partial charge in [0.2, 0.25) is 0 Å². The number of sulfonamides is 1. The highest BCUT2D eigenvalue weighted by Gasteiger charge is 2.23. The summed E-state index contributed by atoms with van der Waals surface area (Å²) in [6.45, 7) is 5.91. The van der Waals surface area contributed by atoms with Gasteiger partial charge in [-0.2, -0.15) is 0 Å². The molecule has 1 N–H and O–H groups in total. The topological polar surface area (TPSA) is 75.7 Å². The predicted octanol–water partition coefficient (Wildman–Crippen LogP) is 3.20. The molecule has 6 nitrogen and oxygen atoms in total. The van der Waals surface area contributed by atoms with E-state index in [4.69, 9.17) is 4.74 Å². The maximum Gasteiger partial charge on any atom is 0.264 e. The SMILES string of the molecule is CC[C@H](C)NC(=O)COc1ccc(S(=O)(=O)N(CC)c2ccccc2)cc1. The van der Waals surface area contributed by atoms with E-state index in [2.05, 4.69) is 5.32 Å². The number of carbonyl (C=O) groups excluding carboxylic acids is 1. The first-order valence-corrected chi connectivity index (χ1v) is 10.4. The van der Waals surface area contributed by atoms with Gasteiger partial charge in [-0.25, -0.2) is 8.42 Å². The largest absolute Gasteiger partial charge is 0.484 e. The Labute approximate surface area is 161 Å². The van der Waals surface area contributed by atoms with Crippen LogP contribution in [0.5, 0.6) is 5.75 Å². The highest BCUT2D eigenvalue weighted by molar-refractivity contribution is 7.92. The lowest BCUT2D eigenvalue weighted by Crippen LogP contribution is -2.35. The van der Waals surface area contributed by atoms with Gasteiger partial charge >= 0.3 is 0 Å². The van der Waals surface area contributed by atoms with Crippen molar-refractivity contribution in [2.75, 3.05) is 17.5 Å². The van der Waals surface area contributed by atoms with E-state index < -0.39 is 10.0 Å². The number of hydrogen-bond acceptors (Lipinski definition) is 4. The quantitative estimate of drug-likeness (QED) is 0.713. The standard InChI is InChI=1S/C20H26N2O4S/c1-4-16(3)21-20(23)15-26-18-11-13-19(14-12-18)27(24,25)22(5-2)17-9-7-6-8-10-17/h6-14,16H,4-5,15H2,1-3H3,(H,21,23)/t16-/m0/s1. The highest BCUT2D eigenvalue weighted by Crippen LogP contribution is 2.24. The number of anilines is 1. The van der Waals surface area contributed by atoms with E-state index in [9.17, 15) is 13.2 Å². The summed E-state index contributed by atoms with van der Waals surface area (Å²) >= 11 is 0. The third kappa shape index (κ3) is 5.47. The number of nitrogens with zero attached hydrogens (tertiary/aromatic N) is 1.